The molecule has 0 radical (unpaired) electrons. The van der Waals surface area contributed by atoms with Crippen LogP contribution in [0.2, 0.25) is 0 Å². The number of nitrogens with one attached hydrogen (secondary N) is 1. The lowest BCUT2D eigenvalue weighted by Crippen LogP contribution is -2.22. The Hall–Kier alpha value is -1.23. The van der Waals surface area contributed by atoms with Crippen LogP contribution in [-0.2, 0) is 0 Å². The molecule has 0 aromatic carbocycles. The van der Waals surface area contributed by atoms with E-state index in [2.05, 4.69) is 10.3 Å². The number of carbonyl (C=O) groups excluding carboxylic acids is 1. The Balaban J connectivity index is 2.81. The second-order valence-corrected chi connectivity index (χ2v) is 2.95. The van der Waals surface area contributed by atoms with E-state index in [1.165, 1.54) is 18.8 Å². The molecule has 1 aromatic heterocycles. The van der Waals surface area contributed by atoms with Crippen molar-refractivity contribution < 1.29 is 9.53 Å². The summed E-state index contributed by atoms with van der Waals surface area (Å²) in [6.45, 7) is 0. The smallest absolute Gasteiger partial charge is 0.407 e. The molecule has 70 valence electrons. The van der Waals surface area contributed by atoms with Crippen LogP contribution in [0.25, 0.3) is 0 Å². The summed E-state index contributed by atoms with van der Waals surface area (Å²) in [5, 5.41) is 3.07. The van der Waals surface area contributed by atoms with Gasteiger partial charge in [0.15, 0.2) is 5.75 Å². The Morgan fingerprint density at radius 1 is 1.69 bits per heavy atom. The first kappa shape index (κ1) is 9.85. The predicted octanol–water partition coefficient (Wildman–Crippen LogP) is 1.52. The lowest BCUT2D eigenvalue weighted by molar-refractivity contribution is 0.201. The molecule has 0 aliphatic carbocycles. The Kier molecular flexibility index (Phi) is 3.57. The van der Waals surface area contributed by atoms with Crippen molar-refractivity contribution in [1.29, 1.82) is 0 Å². The number of carbonyl (C=O) groups is 1. The highest BCUT2D eigenvalue weighted by atomic mass is 32.2. The van der Waals surface area contributed by atoms with Gasteiger partial charge in [-0.1, -0.05) is 0 Å². The molecule has 0 aliphatic rings. The van der Waals surface area contributed by atoms with E-state index in [1.807, 2.05) is 6.26 Å². The van der Waals surface area contributed by atoms with Crippen molar-refractivity contribution in [2.24, 2.45) is 0 Å². The summed E-state index contributed by atoms with van der Waals surface area (Å²) in [6.07, 6.45) is 3.05. The average molecular weight is 198 g/mol. The maximum Gasteiger partial charge on any atom is 0.412 e. The normalized spacial score (nSPS) is 9.38. The number of amides is 1. The first-order valence-electron chi connectivity index (χ1n) is 3.66. The van der Waals surface area contributed by atoms with Crippen molar-refractivity contribution in [2.45, 2.75) is 5.03 Å². The molecular formula is C8H10N2O2S. The maximum absolute atomic E-state index is 10.9. The highest BCUT2D eigenvalue weighted by molar-refractivity contribution is 7.98. The minimum Gasteiger partial charge on any atom is -0.407 e. The van der Waals surface area contributed by atoms with E-state index in [-0.39, 0.29) is 0 Å². The number of aromatic nitrogens is 1. The summed E-state index contributed by atoms with van der Waals surface area (Å²) in [5.41, 5.74) is 0. The van der Waals surface area contributed by atoms with Crippen LogP contribution in [0, 0.1) is 0 Å². The van der Waals surface area contributed by atoms with E-state index >= 15 is 0 Å². The van der Waals surface area contributed by atoms with Crippen molar-refractivity contribution >= 4 is 17.9 Å². The molecule has 0 atom stereocenters. The van der Waals surface area contributed by atoms with Crippen LogP contribution < -0.4 is 10.1 Å². The van der Waals surface area contributed by atoms with Crippen molar-refractivity contribution in [1.82, 2.24) is 10.3 Å². The van der Waals surface area contributed by atoms with Gasteiger partial charge >= 0.3 is 6.09 Å². The van der Waals surface area contributed by atoms with Gasteiger partial charge in [0.05, 0.1) is 0 Å². The van der Waals surface area contributed by atoms with Gasteiger partial charge in [-0.05, 0) is 18.4 Å². The first-order valence-corrected chi connectivity index (χ1v) is 4.89. The third-order valence-electron chi connectivity index (χ3n) is 1.34. The predicted molar refractivity (Wildman–Crippen MR) is 51.1 cm³/mol. The summed E-state index contributed by atoms with van der Waals surface area (Å²) in [5.74, 6) is 0.481. The van der Waals surface area contributed by atoms with Crippen LogP contribution in [0.4, 0.5) is 4.79 Å². The quantitative estimate of drug-likeness (QED) is 0.732. The highest BCUT2D eigenvalue weighted by Crippen LogP contribution is 2.23. The molecule has 5 heteroatoms. The van der Waals surface area contributed by atoms with Crippen molar-refractivity contribution in [3.8, 4) is 5.75 Å². The third-order valence-corrected chi connectivity index (χ3v) is 2.03. The number of pyridine rings is 1. The van der Waals surface area contributed by atoms with Crippen LogP contribution in [0.3, 0.4) is 0 Å². The van der Waals surface area contributed by atoms with E-state index < -0.39 is 6.09 Å². The minimum absolute atomic E-state index is 0.481. The maximum atomic E-state index is 10.9. The third kappa shape index (κ3) is 2.62. The van der Waals surface area contributed by atoms with E-state index in [9.17, 15) is 4.79 Å². The Labute approximate surface area is 80.7 Å². The monoisotopic (exact) mass is 198 g/mol. The van der Waals surface area contributed by atoms with Crippen molar-refractivity contribution in [3.63, 3.8) is 0 Å². The van der Waals surface area contributed by atoms with Gasteiger partial charge in [0.2, 0.25) is 0 Å². The molecule has 1 rings (SSSR count). The number of thioether (sulfide) groups is 1. The zero-order valence-corrected chi connectivity index (χ0v) is 8.22. The fraction of sp³-hybridized carbons (Fsp3) is 0.250. The lowest BCUT2D eigenvalue weighted by Gasteiger charge is -2.05. The molecule has 0 fully saturated rings. The molecule has 1 N–H and O–H groups in total. The van der Waals surface area contributed by atoms with Crippen LogP contribution in [-0.4, -0.2) is 24.4 Å². The molecule has 0 bridgehead atoms. The fourth-order valence-electron chi connectivity index (χ4n) is 0.758. The van der Waals surface area contributed by atoms with Gasteiger partial charge in [-0.3, -0.25) is 0 Å². The van der Waals surface area contributed by atoms with Gasteiger partial charge in [-0.15, -0.1) is 11.8 Å². The molecule has 0 aliphatic heterocycles. The summed E-state index contributed by atoms with van der Waals surface area (Å²) >= 11 is 1.43. The number of nitrogens with zero attached hydrogens (tertiary/aromatic N) is 1. The SMILES string of the molecule is CNC(=O)Oc1cccnc1SC. The summed E-state index contributed by atoms with van der Waals surface area (Å²) in [4.78, 5) is 14.9. The topological polar surface area (TPSA) is 51.2 Å². The molecule has 0 saturated carbocycles. The number of rotatable bonds is 2. The van der Waals surface area contributed by atoms with Crippen LogP contribution in [0.5, 0.6) is 5.75 Å². The van der Waals surface area contributed by atoms with E-state index in [0.717, 1.165) is 0 Å². The lowest BCUT2D eigenvalue weighted by atomic mass is 10.5. The molecule has 1 aromatic rings. The van der Waals surface area contributed by atoms with Crippen LogP contribution in [0.15, 0.2) is 23.4 Å². The fourth-order valence-corrected chi connectivity index (χ4v) is 1.24. The Morgan fingerprint density at radius 3 is 3.08 bits per heavy atom. The molecule has 0 saturated heterocycles. The average Bonchev–Trinajstić information content (AvgIpc) is 2.18. The Bertz CT molecular complexity index is 304. The van der Waals surface area contributed by atoms with E-state index in [0.29, 0.717) is 10.8 Å². The van der Waals surface area contributed by atoms with Crippen LogP contribution >= 0.6 is 11.8 Å². The summed E-state index contributed by atoms with van der Waals surface area (Å²) in [7, 11) is 1.51. The standard InChI is InChI=1S/C8H10N2O2S/c1-9-8(11)12-6-4-3-5-10-7(6)13-2/h3-5H,1-2H3,(H,9,11). The Morgan fingerprint density at radius 2 is 2.46 bits per heavy atom. The van der Waals surface area contributed by atoms with E-state index in [1.54, 1.807) is 18.3 Å². The molecule has 1 heterocycles. The molecule has 0 spiro atoms. The van der Waals surface area contributed by atoms with Gasteiger partial charge < -0.3 is 10.1 Å². The second kappa shape index (κ2) is 4.71. The van der Waals surface area contributed by atoms with Gasteiger partial charge in [-0.2, -0.15) is 0 Å². The zero-order chi connectivity index (χ0) is 9.68. The van der Waals surface area contributed by atoms with Gasteiger partial charge in [-0.25, -0.2) is 9.78 Å². The molecular weight excluding hydrogens is 188 g/mol. The molecule has 4 nitrogen and oxygen atoms in total. The largest absolute Gasteiger partial charge is 0.412 e. The van der Waals surface area contributed by atoms with Crippen molar-refractivity contribution in [2.75, 3.05) is 13.3 Å². The van der Waals surface area contributed by atoms with Gasteiger partial charge in [0.1, 0.15) is 5.03 Å². The van der Waals surface area contributed by atoms with Gasteiger partial charge in [0, 0.05) is 13.2 Å². The summed E-state index contributed by atoms with van der Waals surface area (Å²) in [6, 6.07) is 3.42. The summed E-state index contributed by atoms with van der Waals surface area (Å²) < 4.78 is 4.95. The number of hydrogen-bond donors (Lipinski definition) is 1. The van der Waals surface area contributed by atoms with Crippen molar-refractivity contribution in [3.05, 3.63) is 18.3 Å². The number of hydrogen-bond acceptors (Lipinski definition) is 4. The second-order valence-electron chi connectivity index (χ2n) is 2.15. The molecule has 0 unspecified atom stereocenters. The van der Waals surface area contributed by atoms with Gasteiger partial charge in [0.25, 0.3) is 0 Å². The zero-order valence-electron chi connectivity index (χ0n) is 7.40. The molecule has 13 heavy (non-hydrogen) atoms. The molecule has 1 amide bonds. The highest BCUT2D eigenvalue weighted by Gasteiger charge is 2.06. The number of ether oxygens (including phenoxy) is 1. The first-order chi connectivity index (χ1) is 6.27. The van der Waals surface area contributed by atoms with Crippen LogP contribution in [0.1, 0.15) is 0 Å². The minimum atomic E-state index is -0.483. The van der Waals surface area contributed by atoms with E-state index in [4.69, 9.17) is 4.74 Å².